The van der Waals surface area contributed by atoms with Gasteiger partial charge in [0.1, 0.15) is 17.7 Å². The Morgan fingerprint density at radius 3 is 2.58 bits per heavy atom. The molecule has 1 N–H and O–H groups in total. The molecule has 0 amide bonds. The van der Waals surface area contributed by atoms with Crippen LogP contribution < -0.4 is 0 Å². The molecule has 1 aromatic carbocycles. The molecular weight excluding hydrogens is 372 g/mol. The SMILES string of the molecule is O[C@H](c1cccnc1)c1c(-c2cccs2)csc1-c1ccc(F)cc1F. The van der Waals surface area contributed by atoms with Crippen molar-refractivity contribution in [1.29, 1.82) is 0 Å². The van der Waals surface area contributed by atoms with E-state index in [2.05, 4.69) is 4.98 Å². The second-order valence-corrected chi connectivity index (χ2v) is 7.51. The Hall–Kier alpha value is -2.41. The highest BCUT2D eigenvalue weighted by Gasteiger charge is 2.25. The van der Waals surface area contributed by atoms with Gasteiger partial charge in [-0.25, -0.2) is 8.78 Å². The molecular formula is C20H13F2NOS2. The van der Waals surface area contributed by atoms with Crippen molar-refractivity contribution in [2.45, 2.75) is 6.10 Å². The first-order valence-corrected chi connectivity index (χ1v) is 9.59. The van der Waals surface area contributed by atoms with Crippen LogP contribution in [-0.4, -0.2) is 10.1 Å². The molecule has 0 fully saturated rings. The minimum Gasteiger partial charge on any atom is -0.384 e. The van der Waals surface area contributed by atoms with Gasteiger partial charge in [-0.1, -0.05) is 12.1 Å². The summed E-state index contributed by atoms with van der Waals surface area (Å²) in [5, 5.41) is 14.9. The highest BCUT2D eigenvalue weighted by atomic mass is 32.1. The summed E-state index contributed by atoms with van der Waals surface area (Å²) in [6.07, 6.45) is 2.25. The average Bonchev–Trinajstić information content (AvgIpc) is 3.31. The van der Waals surface area contributed by atoms with Gasteiger partial charge in [0.2, 0.25) is 0 Å². The Balaban J connectivity index is 1.93. The number of hydrogen-bond acceptors (Lipinski definition) is 4. The van der Waals surface area contributed by atoms with Crippen LogP contribution in [0, 0.1) is 11.6 Å². The van der Waals surface area contributed by atoms with E-state index in [1.807, 2.05) is 22.9 Å². The van der Waals surface area contributed by atoms with Gasteiger partial charge in [-0.3, -0.25) is 4.98 Å². The second kappa shape index (κ2) is 7.07. The van der Waals surface area contributed by atoms with E-state index in [9.17, 15) is 13.9 Å². The number of rotatable bonds is 4. The molecule has 0 unspecified atom stereocenters. The molecule has 0 saturated heterocycles. The van der Waals surface area contributed by atoms with E-state index in [4.69, 9.17) is 0 Å². The number of aromatic nitrogens is 1. The number of benzene rings is 1. The van der Waals surface area contributed by atoms with Crippen molar-refractivity contribution in [2.24, 2.45) is 0 Å². The fraction of sp³-hybridized carbons (Fsp3) is 0.0500. The molecule has 1 atom stereocenters. The predicted molar refractivity (Wildman–Crippen MR) is 101 cm³/mol. The van der Waals surface area contributed by atoms with Crippen LogP contribution in [0.4, 0.5) is 8.78 Å². The van der Waals surface area contributed by atoms with E-state index in [0.29, 0.717) is 16.0 Å². The molecule has 0 bridgehead atoms. The molecule has 26 heavy (non-hydrogen) atoms. The fourth-order valence-electron chi connectivity index (χ4n) is 2.85. The van der Waals surface area contributed by atoms with Crippen LogP contribution in [-0.2, 0) is 0 Å². The van der Waals surface area contributed by atoms with Crippen LogP contribution in [0.25, 0.3) is 20.9 Å². The Labute approximate surface area is 157 Å². The third-order valence-electron chi connectivity index (χ3n) is 4.07. The molecule has 3 aromatic heterocycles. The lowest BCUT2D eigenvalue weighted by molar-refractivity contribution is 0.221. The van der Waals surface area contributed by atoms with E-state index >= 15 is 0 Å². The third kappa shape index (κ3) is 3.07. The molecule has 0 aliphatic carbocycles. The van der Waals surface area contributed by atoms with E-state index < -0.39 is 17.7 Å². The maximum atomic E-state index is 14.4. The number of hydrogen-bond donors (Lipinski definition) is 1. The van der Waals surface area contributed by atoms with Crippen LogP contribution in [0.3, 0.4) is 0 Å². The lowest BCUT2D eigenvalue weighted by Gasteiger charge is -2.15. The number of aliphatic hydroxyl groups is 1. The van der Waals surface area contributed by atoms with Gasteiger partial charge in [0.05, 0.1) is 0 Å². The Bertz CT molecular complexity index is 1030. The van der Waals surface area contributed by atoms with E-state index in [0.717, 1.165) is 16.5 Å². The molecule has 0 saturated carbocycles. The molecule has 2 nitrogen and oxygen atoms in total. The summed E-state index contributed by atoms with van der Waals surface area (Å²) in [5.41, 5.74) is 2.35. The van der Waals surface area contributed by atoms with Crippen LogP contribution in [0.2, 0.25) is 0 Å². The second-order valence-electron chi connectivity index (χ2n) is 5.68. The molecule has 0 aliphatic rings. The Morgan fingerprint density at radius 2 is 1.88 bits per heavy atom. The van der Waals surface area contributed by atoms with Crippen LogP contribution in [0.1, 0.15) is 17.2 Å². The summed E-state index contributed by atoms with van der Waals surface area (Å²) >= 11 is 2.88. The number of aliphatic hydroxyl groups excluding tert-OH is 1. The summed E-state index contributed by atoms with van der Waals surface area (Å²) in [4.78, 5) is 5.63. The highest BCUT2D eigenvalue weighted by Crippen LogP contribution is 2.45. The number of halogens is 2. The summed E-state index contributed by atoms with van der Waals surface area (Å²) in [6, 6.07) is 10.9. The van der Waals surface area contributed by atoms with Gasteiger partial charge in [0, 0.05) is 55.8 Å². The van der Waals surface area contributed by atoms with E-state index in [1.165, 1.54) is 23.5 Å². The molecule has 3 heterocycles. The summed E-state index contributed by atoms with van der Waals surface area (Å²) < 4.78 is 27.7. The first-order valence-electron chi connectivity index (χ1n) is 7.84. The monoisotopic (exact) mass is 385 g/mol. The average molecular weight is 385 g/mol. The molecule has 0 spiro atoms. The van der Waals surface area contributed by atoms with Crippen molar-refractivity contribution in [1.82, 2.24) is 4.98 Å². The molecule has 0 aliphatic heterocycles. The van der Waals surface area contributed by atoms with Crippen molar-refractivity contribution >= 4 is 22.7 Å². The fourth-order valence-corrected chi connectivity index (χ4v) is 4.81. The van der Waals surface area contributed by atoms with Gasteiger partial charge < -0.3 is 5.11 Å². The maximum absolute atomic E-state index is 14.4. The lowest BCUT2D eigenvalue weighted by Crippen LogP contribution is -2.02. The topological polar surface area (TPSA) is 33.1 Å². The van der Waals surface area contributed by atoms with Crippen LogP contribution >= 0.6 is 22.7 Å². The zero-order valence-electron chi connectivity index (χ0n) is 13.4. The van der Waals surface area contributed by atoms with Crippen LogP contribution in [0.5, 0.6) is 0 Å². The highest BCUT2D eigenvalue weighted by molar-refractivity contribution is 7.16. The van der Waals surface area contributed by atoms with Gasteiger partial charge in [-0.15, -0.1) is 22.7 Å². The maximum Gasteiger partial charge on any atom is 0.134 e. The first-order chi connectivity index (χ1) is 12.6. The van der Waals surface area contributed by atoms with Crippen LogP contribution in [0.15, 0.2) is 65.6 Å². The summed E-state index contributed by atoms with van der Waals surface area (Å²) in [6.45, 7) is 0. The summed E-state index contributed by atoms with van der Waals surface area (Å²) in [5.74, 6) is -1.28. The number of thiophene rings is 2. The van der Waals surface area contributed by atoms with Gasteiger partial charge in [0.25, 0.3) is 0 Å². The molecule has 130 valence electrons. The van der Waals surface area contributed by atoms with E-state index in [1.54, 1.807) is 35.9 Å². The zero-order valence-corrected chi connectivity index (χ0v) is 15.0. The van der Waals surface area contributed by atoms with E-state index in [-0.39, 0.29) is 5.56 Å². The molecule has 6 heteroatoms. The lowest BCUT2D eigenvalue weighted by atomic mass is 9.96. The zero-order chi connectivity index (χ0) is 18.1. The van der Waals surface area contributed by atoms with Gasteiger partial charge in [-0.2, -0.15) is 0 Å². The third-order valence-corrected chi connectivity index (χ3v) is 6.00. The van der Waals surface area contributed by atoms with Crippen molar-refractivity contribution < 1.29 is 13.9 Å². The largest absolute Gasteiger partial charge is 0.384 e. The van der Waals surface area contributed by atoms with Crippen molar-refractivity contribution in [3.05, 3.63) is 88.4 Å². The first kappa shape index (κ1) is 17.0. The number of pyridine rings is 1. The smallest absolute Gasteiger partial charge is 0.134 e. The van der Waals surface area contributed by atoms with Crippen molar-refractivity contribution in [2.75, 3.05) is 0 Å². The molecule has 0 radical (unpaired) electrons. The van der Waals surface area contributed by atoms with Gasteiger partial charge in [-0.05, 0) is 29.6 Å². The minimum atomic E-state index is -0.966. The summed E-state index contributed by atoms with van der Waals surface area (Å²) in [7, 11) is 0. The van der Waals surface area contributed by atoms with Crippen molar-refractivity contribution in [3.8, 4) is 20.9 Å². The predicted octanol–water partition coefficient (Wildman–Crippen LogP) is 5.90. The minimum absolute atomic E-state index is 0.275. The normalized spacial score (nSPS) is 12.3. The Kier molecular flexibility index (Phi) is 4.63. The number of nitrogens with zero attached hydrogens (tertiary/aromatic N) is 1. The Morgan fingerprint density at radius 1 is 1.00 bits per heavy atom. The van der Waals surface area contributed by atoms with Gasteiger partial charge >= 0.3 is 0 Å². The molecule has 4 aromatic rings. The quantitative estimate of drug-likeness (QED) is 0.474. The van der Waals surface area contributed by atoms with Gasteiger partial charge in [0.15, 0.2) is 0 Å². The standard InChI is InChI=1S/C20H13F2NOS2/c21-13-5-6-14(16(22)9-13)20-18(19(24)12-3-1-7-23-10-12)15(11-26-20)17-4-2-8-25-17/h1-11,19,24H/t19-/m1/s1. The molecule has 4 rings (SSSR count). The van der Waals surface area contributed by atoms with Crippen molar-refractivity contribution in [3.63, 3.8) is 0 Å².